The van der Waals surface area contributed by atoms with Gasteiger partial charge in [-0.05, 0) is 31.4 Å². The lowest BCUT2D eigenvalue weighted by Crippen LogP contribution is -2.43. The predicted octanol–water partition coefficient (Wildman–Crippen LogP) is 2.34. The molecular weight excluding hydrogens is 312 g/mol. The number of benzene rings is 1. The molecule has 1 unspecified atom stereocenters. The zero-order valence-corrected chi connectivity index (χ0v) is 13.7. The van der Waals surface area contributed by atoms with E-state index in [2.05, 4.69) is 15.5 Å². The van der Waals surface area contributed by atoms with Crippen LogP contribution in [0.25, 0.3) is 0 Å². The van der Waals surface area contributed by atoms with Gasteiger partial charge in [0, 0.05) is 12.1 Å². The summed E-state index contributed by atoms with van der Waals surface area (Å²) in [7, 11) is 0. The fourth-order valence-electron chi connectivity index (χ4n) is 2.66. The molecule has 1 fully saturated rings. The molecule has 1 saturated heterocycles. The maximum absolute atomic E-state index is 12.6. The normalized spacial score (nSPS) is 17.3. The Morgan fingerprint density at radius 3 is 2.78 bits per heavy atom. The number of carbonyl (C=O) groups is 2. The largest absolute Gasteiger partial charge is 0.327 e. The summed E-state index contributed by atoms with van der Waals surface area (Å²) in [5.74, 6) is -0.291. The summed E-state index contributed by atoms with van der Waals surface area (Å²) in [6, 6.07) is 8.61. The summed E-state index contributed by atoms with van der Waals surface area (Å²) in [4.78, 5) is 26.7. The summed E-state index contributed by atoms with van der Waals surface area (Å²) < 4.78 is 0. The van der Waals surface area contributed by atoms with Crippen molar-refractivity contribution in [2.45, 2.75) is 32.2 Å². The SMILES string of the molecule is CCc1nnc(NC(=O)C2CCCN2C(=O)c2ccccc2)s1. The summed E-state index contributed by atoms with van der Waals surface area (Å²) in [5.41, 5.74) is 0.608. The number of rotatable bonds is 4. The number of aromatic nitrogens is 2. The number of anilines is 1. The van der Waals surface area contributed by atoms with E-state index in [9.17, 15) is 9.59 Å². The van der Waals surface area contributed by atoms with Gasteiger partial charge in [-0.2, -0.15) is 0 Å². The first kappa shape index (κ1) is 15.6. The Kier molecular flexibility index (Phi) is 4.66. The van der Waals surface area contributed by atoms with E-state index in [0.29, 0.717) is 23.7 Å². The average Bonchev–Trinajstić information content (AvgIpc) is 3.24. The molecule has 2 heterocycles. The Hall–Kier alpha value is -2.28. The van der Waals surface area contributed by atoms with Gasteiger partial charge in [-0.25, -0.2) is 0 Å². The first-order chi connectivity index (χ1) is 11.2. The number of nitrogens with zero attached hydrogens (tertiary/aromatic N) is 3. The Morgan fingerprint density at radius 1 is 1.30 bits per heavy atom. The second kappa shape index (κ2) is 6.87. The molecule has 2 aromatic rings. The molecule has 2 amide bonds. The molecule has 0 bridgehead atoms. The lowest BCUT2D eigenvalue weighted by molar-refractivity contribution is -0.119. The van der Waals surface area contributed by atoms with Gasteiger partial charge < -0.3 is 4.90 Å². The average molecular weight is 330 g/mol. The van der Waals surface area contributed by atoms with Gasteiger partial charge in [0.1, 0.15) is 11.0 Å². The lowest BCUT2D eigenvalue weighted by atomic mass is 10.1. The third kappa shape index (κ3) is 3.39. The van der Waals surface area contributed by atoms with Gasteiger partial charge >= 0.3 is 0 Å². The van der Waals surface area contributed by atoms with Crippen molar-refractivity contribution in [2.75, 3.05) is 11.9 Å². The van der Waals surface area contributed by atoms with E-state index in [0.717, 1.165) is 17.8 Å². The molecule has 3 rings (SSSR count). The van der Waals surface area contributed by atoms with Crippen LogP contribution < -0.4 is 5.32 Å². The van der Waals surface area contributed by atoms with Crippen LogP contribution in [0.15, 0.2) is 30.3 Å². The quantitative estimate of drug-likeness (QED) is 0.934. The first-order valence-electron chi connectivity index (χ1n) is 7.68. The molecule has 0 aliphatic carbocycles. The van der Waals surface area contributed by atoms with Crippen LogP contribution in [0.3, 0.4) is 0 Å². The van der Waals surface area contributed by atoms with Crippen LogP contribution in [0.5, 0.6) is 0 Å². The highest BCUT2D eigenvalue weighted by atomic mass is 32.1. The third-order valence-electron chi connectivity index (χ3n) is 3.84. The highest BCUT2D eigenvalue weighted by Crippen LogP contribution is 2.23. The molecule has 0 saturated carbocycles. The van der Waals surface area contributed by atoms with Gasteiger partial charge in [-0.1, -0.05) is 36.5 Å². The van der Waals surface area contributed by atoms with Crippen molar-refractivity contribution in [3.05, 3.63) is 40.9 Å². The molecule has 0 spiro atoms. The monoisotopic (exact) mass is 330 g/mol. The first-order valence-corrected chi connectivity index (χ1v) is 8.50. The van der Waals surface area contributed by atoms with Crippen molar-refractivity contribution in [1.82, 2.24) is 15.1 Å². The summed E-state index contributed by atoms with van der Waals surface area (Å²) in [6.07, 6.45) is 2.28. The van der Waals surface area contributed by atoms with Gasteiger partial charge in [0.05, 0.1) is 0 Å². The summed E-state index contributed by atoms with van der Waals surface area (Å²) in [5, 5.41) is 12.1. The maximum atomic E-state index is 12.6. The molecule has 1 aliphatic rings. The highest BCUT2D eigenvalue weighted by Gasteiger charge is 2.34. The minimum atomic E-state index is -0.448. The number of nitrogens with one attached hydrogen (secondary N) is 1. The van der Waals surface area contributed by atoms with Gasteiger partial charge in [0.2, 0.25) is 11.0 Å². The standard InChI is InChI=1S/C16H18N4O2S/c1-2-13-18-19-16(23-13)17-14(21)12-9-6-10-20(12)15(22)11-7-4-3-5-8-11/h3-5,7-8,12H,2,6,9-10H2,1H3,(H,17,19,21). The van der Waals surface area contributed by atoms with E-state index < -0.39 is 6.04 Å². The Labute approximate surface area is 138 Å². The molecule has 23 heavy (non-hydrogen) atoms. The minimum absolute atomic E-state index is 0.102. The van der Waals surface area contributed by atoms with E-state index in [1.807, 2.05) is 25.1 Å². The van der Waals surface area contributed by atoms with Crippen LogP contribution in [0.2, 0.25) is 0 Å². The second-order valence-electron chi connectivity index (χ2n) is 5.37. The van der Waals surface area contributed by atoms with Crippen molar-refractivity contribution in [3.63, 3.8) is 0 Å². The number of aryl methyl sites for hydroxylation is 1. The highest BCUT2D eigenvalue weighted by molar-refractivity contribution is 7.15. The molecule has 1 N–H and O–H groups in total. The van der Waals surface area contributed by atoms with Crippen LogP contribution in [0.1, 0.15) is 35.1 Å². The number of amides is 2. The van der Waals surface area contributed by atoms with Crippen LogP contribution >= 0.6 is 11.3 Å². The lowest BCUT2D eigenvalue weighted by Gasteiger charge is -2.23. The molecule has 1 aliphatic heterocycles. The maximum Gasteiger partial charge on any atom is 0.254 e. The van der Waals surface area contributed by atoms with Crippen molar-refractivity contribution < 1.29 is 9.59 Å². The van der Waals surface area contributed by atoms with Crippen molar-refractivity contribution in [1.29, 1.82) is 0 Å². The van der Waals surface area contributed by atoms with Gasteiger partial charge in [-0.15, -0.1) is 10.2 Å². The van der Waals surface area contributed by atoms with E-state index in [1.54, 1.807) is 17.0 Å². The van der Waals surface area contributed by atoms with Crippen molar-refractivity contribution in [3.8, 4) is 0 Å². The predicted molar refractivity (Wildman–Crippen MR) is 88.4 cm³/mol. The molecule has 1 atom stereocenters. The van der Waals surface area contributed by atoms with Crippen LogP contribution in [-0.2, 0) is 11.2 Å². The minimum Gasteiger partial charge on any atom is -0.327 e. The van der Waals surface area contributed by atoms with Crippen LogP contribution in [0, 0.1) is 0 Å². The smallest absolute Gasteiger partial charge is 0.254 e. The number of hydrogen-bond acceptors (Lipinski definition) is 5. The van der Waals surface area contributed by atoms with E-state index in [-0.39, 0.29) is 11.8 Å². The van der Waals surface area contributed by atoms with E-state index in [4.69, 9.17) is 0 Å². The fourth-order valence-corrected chi connectivity index (χ4v) is 3.35. The number of hydrogen-bond donors (Lipinski definition) is 1. The fraction of sp³-hybridized carbons (Fsp3) is 0.375. The molecule has 0 radical (unpaired) electrons. The van der Waals surface area contributed by atoms with Crippen molar-refractivity contribution in [2.24, 2.45) is 0 Å². The molecule has 6 nitrogen and oxygen atoms in total. The molecular formula is C16H18N4O2S. The molecule has 1 aromatic carbocycles. The number of likely N-dealkylation sites (tertiary alicyclic amines) is 1. The van der Waals surface area contributed by atoms with E-state index >= 15 is 0 Å². The molecule has 7 heteroatoms. The van der Waals surface area contributed by atoms with Crippen LogP contribution in [-0.4, -0.2) is 39.5 Å². The third-order valence-corrected chi connectivity index (χ3v) is 4.82. The Morgan fingerprint density at radius 2 is 2.09 bits per heavy atom. The zero-order chi connectivity index (χ0) is 16.2. The van der Waals surface area contributed by atoms with Crippen molar-refractivity contribution >= 4 is 28.3 Å². The summed E-state index contributed by atoms with van der Waals surface area (Å²) >= 11 is 1.37. The Bertz CT molecular complexity index is 701. The summed E-state index contributed by atoms with van der Waals surface area (Å²) in [6.45, 7) is 2.59. The Balaban J connectivity index is 1.70. The topological polar surface area (TPSA) is 75.2 Å². The second-order valence-corrected chi connectivity index (χ2v) is 6.43. The zero-order valence-electron chi connectivity index (χ0n) is 12.9. The van der Waals surface area contributed by atoms with Crippen LogP contribution in [0.4, 0.5) is 5.13 Å². The van der Waals surface area contributed by atoms with Gasteiger partial charge in [0.25, 0.3) is 5.91 Å². The molecule has 1 aromatic heterocycles. The van der Waals surface area contributed by atoms with E-state index in [1.165, 1.54) is 11.3 Å². The van der Waals surface area contributed by atoms with Gasteiger partial charge in [0.15, 0.2) is 0 Å². The molecule has 120 valence electrons. The number of carbonyl (C=O) groups excluding carboxylic acids is 2. The van der Waals surface area contributed by atoms with Gasteiger partial charge in [-0.3, -0.25) is 14.9 Å².